The second-order valence-electron chi connectivity index (χ2n) is 7.08. The van der Waals surface area contributed by atoms with Crippen molar-refractivity contribution in [3.63, 3.8) is 0 Å². The zero-order chi connectivity index (χ0) is 20.0. The molecule has 0 saturated carbocycles. The molecule has 2 aromatic rings. The predicted molar refractivity (Wildman–Crippen MR) is 114 cm³/mol. The van der Waals surface area contributed by atoms with Crippen molar-refractivity contribution in [3.05, 3.63) is 60.2 Å². The van der Waals surface area contributed by atoms with E-state index in [1.54, 1.807) is 24.3 Å². The fourth-order valence-corrected chi connectivity index (χ4v) is 7.73. The van der Waals surface area contributed by atoms with Gasteiger partial charge in [-0.2, -0.15) is 0 Å². The van der Waals surface area contributed by atoms with Crippen molar-refractivity contribution in [1.29, 1.82) is 0 Å². The summed E-state index contributed by atoms with van der Waals surface area (Å²) in [5, 5.41) is 0.712. The van der Waals surface area contributed by atoms with Crippen molar-refractivity contribution >= 4 is 35.3 Å². The molecule has 0 aromatic heterocycles. The molecule has 4 nitrogen and oxygen atoms in total. The Balaban J connectivity index is 1.78. The summed E-state index contributed by atoms with van der Waals surface area (Å²) in [5.41, 5.74) is 0.311. The maximum absolute atomic E-state index is 13.1. The molecule has 1 amide bonds. The van der Waals surface area contributed by atoms with E-state index in [9.17, 15) is 13.2 Å². The third-order valence-corrected chi connectivity index (χ3v) is 9.33. The zero-order valence-electron chi connectivity index (χ0n) is 16.2. The number of nitrogens with zero attached hydrogens (tertiary/aromatic N) is 1. The molecule has 1 aliphatic rings. The van der Waals surface area contributed by atoms with Crippen molar-refractivity contribution < 1.29 is 13.2 Å². The average Bonchev–Trinajstić information content (AvgIpc) is 2.91. The number of amides is 1. The number of hydrogen-bond acceptors (Lipinski definition) is 3. The molecule has 28 heavy (non-hydrogen) atoms. The number of sulfonamides is 1. The van der Waals surface area contributed by atoms with Crippen LogP contribution in [0.3, 0.4) is 0 Å². The molecule has 0 N–H and O–H groups in total. The molecular formula is C22H27NO3SSe. The van der Waals surface area contributed by atoms with E-state index < -0.39 is 10.0 Å². The fraction of sp³-hybridized carbons (Fsp3) is 0.409. The number of fused-ring (bicyclic) bond motifs is 1. The van der Waals surface area contributed by atoms with Gasteiger partial charge in [-0.25, -0.2) is 0 Å². The first-order valence-corrected chi connectivity index (χ1v) is 13.4. The summed E-state index contributed by atoms with van der Waals surface area (Å²) in [6, 6.07) is 16.4. The number of carbonyl (C=O) groups is 1. The molecule has 0 spiro atoms. The Morgan fingerprint density at radius 2 is 1.61 bits per heavy atom. The molecule has 0 aliphatic carbocycles. The molecule has 150 valence electrons. The zero-order valence-corrected chi connectivity index (χ0v) is 18.7. The van der Waals surface area contributed by atoms with Crippen LogP contribution in [0.1, 0.15) is 55.8 Å². The number of benzene rings is 2. The molecule has 2 aromatic carbocycles. The van der Waals surface area contributed by atoms with Crippen molar-refractivity contribution in [2.75, 3.05) is 0 Å². The van der Waals surface area contributed by atoms with Gasteiger partial charge in [-0.3, -0.25) is 0 Å². The van der Waals surface area contributed by atoms with Gasteiger partial charge in [-0.1, -0.05) is 0 Å². The van der Waals surface area contributed by atoms with Crippen LogP contribution in [0.2, 0.25) is 5.32 Å². The SMILES string of the molecule is CCCCCCCC(C[Se]c1ccccc1)N1C(=O)c2ccccc2S1(=O)=O. The maximum atomic E-state index is 13.1. The van der Waals surface area contributed by atoms with Crippen molar-refractivity contribution in [3.8, 4) is 0 Å². The van der Waals surface area contributed by atoms with E-state index in [0.717, 1.165) is 25.7 Å². The minimum absolute atomic E-state index is 0.125. The summed E-state index contributed by atoms with van der Waals surface area (Å²) in [6.45, 7) is 2.18. The Labute approximate surface area is 174 Å². The van der Waals surface area contributed by atoms with Gasteiger partial charge in [0.25, 0.3) is 0 Å². The van der Waals surface area contributed by atoms with Gasteiger partial charge < -0.3 is 0 Å². The first kappa shape index (κ1) is 21.1. The molecular weight excluding hydrogens is 437 g/mol. The predicted octanol–water partition coefficient (Wildman–Crippen LogP) is 4.01. The molecule has 1 unspecified atom stereocenters. The number of unbranched alkanes of at least 4 members (excludes halogenated alkanes) is 4. The van der Waals surface area contributed by atoms with Crippen LogP contribution in [0.5, 0.6) is 0 Å². The number of carbonyl (C=O) groups excluding carboxylic acids is 1. The van der Waals surface area contributed by atoms with Gasteiger partial charge in [0.2, 0.25) is 0 Å². The van der Waals surface area contributed by atoms with E-state index in [2.05, 4.69) is 19.1 Å². The molecule has 0 radical (unpaired) electrons. The summed E-state index contributed by atoms with van der Waals surface area (Å²) >= 11 is 0.125. The van der Waals surface area contributed by atoms with Gasteiger partial charge in [0.15, 0.2) is 0 Å². The van der Waals surface area contributed by atoms with Crippen LogP contribution in [-0.4, -0.2) is 39.6 Å². The summed E-state index contributed by atoms with van der Waals surface area (Å²) in [6.07, 6.45) is 6.30. The van der Waals surface area contributed by atoms with Crippen LogP contribution in [0.4, 0.5) is 0 Å². The van der Waals surface area contributed by atoms with E-state index in [0.29, 0.717) is 10.9 Å². The first-order valence-electron chi connectivity index (χ1n) is 9.91. The Morgan fingerprint density at radius 1 is 0.929 bits per heavy atom. The van der Waals surface area contributed by atoms with Crippen molar-refractivity contribution in [1.82, 2.24) is 4.31 Å². The summed E-state index contributed by atoms with van der Waals surface area (Å²) in [5.74, 6) is -0.363. The summed E-state index contributed by atoms with van der Waals surface area (Å²) < 4.78 is 28.6. The Kier molecular flexibility index (Phi) is 7.33. The summed E-state index contributed by atoms with van der Waals surface area (Å²) in [7, 11) is -3.75. The van der Waals surface area contributed by atoms with Gasteiger partial charge in [0.05, 0.1) is 0 Å². The molecule has 0 fully saturated rings. The molecule has 1 heterocycles. The van der Waals surface area contributed by atoms with Gasteiger partial charge in [0.1, 0.15) is 0 Å². The van der Waals surface area contributed by atoms with Gasteiger partial charge in [-0.05, 0) is 0 Å². The normalized spacial score (nSPS) is 16.2. The van der Waals surface area contributed by atoms with Gasteiger partial charge in [-0.15, -0.1) is 0 Å². The molecule has 0 bridgehead atoms. The molecule has 6 heteroatoms. The van der Waals surface area contributed by atoms with E-state index in [4.69, 9.17) is 0 Å². The first-order chi connectivity index (χ1) is 13.6. The molecule has 1 atom stereocenters. The van der Waals surface area contributed by atoms with Crippen LogP contribution in [-0.2, 0) is 10.0 Å². The average molecular weight is 464 g/mol. The standard InChI is InChI=1S/C22H27NO3SSe/c1-2-3-4-5-7-12-18(17-28-19-13-8-6-9-14-19)23-22(24)20-15-10-11-16-21(20)27(23,25)26/h6,8-11,13-16,18H,2-5,7,12,17H2,1H3. The topological polar surface area (TPSA) is 54.5 Å². The molecule has 3 rings (SSSR count). The van der Waals surface area contributed by atoms with Crippen molar-refractivity contribution in [2.45, 2.75) is 61.7 Å². The Morgan fingerprint density at radius 3 is 2.32 bits per heavy atom. The van der Waals surface area contributed by atoms with E-state index in [1.165, 1.54) is 21.6 Å². The van der Waals surface area contributed by atoms with Gasteiger partial charge >= 0.3 is 175 Å². The molecule has 0 saturated heterocycles. The minimum atomic E-state index is -3.75. The third-order valence-electron chi connectivity index (χ3n) is 5.01. The Bertz CT molecular complexity index is 899. The van der Waals surface area contributed by atoms with Crippen molar-refractivity contribution in [2.24, 2.45) is 0 Å². The number of rotatable bonds is 10. The van der Waals surface area contributed by atoms with Gasteiger partial charge in [0, 0.05) is 0 Å². The summed E-state index contributed by atoms with van der Waals surface area (Å²) in [4.78, 5) is 13.1. The van der Waals surface area contributed by atoms with E-state index in [-0.39, 0.29) is 31.8 Å². The quantitative estimate of drug-likeness (QED) is 0.395. The number of hydrogen-bond donors (Lipinski definition) is 0. The van der Waals surface area contributed by atoms with Crippen LogP contribution in [0.25, 0.3) is 0 Å². The fourth-order valence-electron chi connectivity index (χ4n) is 3.53. The third kappa shape index (κ3) is 4.68. The second-order valence-corrected chi connectivity index (χ2v) is 11.2. The monoisotopic (exact) mass is 465 g/mol. The van der Waals surface area contributed by atoms with E-state index in [1.807, 2.05) is 18.2 Å². The Hall–Kier alpha value is -1.62. The van der Waals surface area contributed by atoms with Crippen LogP contribution >= 0.6 is 0 Å². The molecule has 1 aliphatic heterocycles. The van der Waals surface area contributed by atoms with Crippen LogP contribution in [0.15, 0.2) is 59.5 Å². The van der Waals surface area contributed by atoms with Crippen LogP contribution < -0.4 is 4.46 Å². The second kappa shape index (κ2) is 9.73. The van der Waals surface area contributed by atoms with Crippen LogP contribution in [0, 0.1) is 0 Å². The van der Waals surface area contributed by atoms with E-state index >= 15 is 0 Å².